The number of sulfonamides is 1. The van der Waals surface area contributed by atoms with E-state index in [-0.39, 0.29) is 22.7 Å². The van der Waals surface area contributed by atoms with Crippen LogP contribution >= 0.6 is 0 Å². The van der Waals surface area contributed by atoms with E-state index in [0.29, 0.717) is 6.61 Å². The van der Waals surface area contributed by atoms with E-state index in [1.165, 1.54) is 12.1 Å². The van der Waals surface area contributed by atoms with Crippen LogP contribution in [0.25, 0.3) is 0 Å². The second-order valence-corrected chi connectivity index (χ2v) is 7.42. The van der Waals surface area contributed by atoms with Gasteiger partial charge in [-0.2, -0.15) is 0 Å². The molecule has 6 heteroatoms. The zero-order valence-electron chi connectivity index (χ0n) is 12.7. The van der Waals surface area contributed by atoms with Crippen molar-refractivity contribution in [3.8, 4) is 0 Å². The van der Waals surface area contributed by atoms with E-state index >= 15 is 0 Å². The maximum absolute atomic E-state index is 12.9. The average Bonchev–Trinajstić information content (AvgIpc) is 3.27. The molecule has 4 nitrogen and oxygen atoms in total. The topological polar surface area (TPSA) is 55.4 Å². The van der Waals surface area contributed by atoms with Crippen molar-refractivity contribution >= 4 is 10.0 Å². The third-order valence-corrected chi connectivity index (χ3v) is 5.40. The van der Waals surface area contributed by atoms with Gasteiger partial charge >= 0.3 is 0 Å². The minimum absolute atomic E-state index is 0.104. The summed E-state index contributed by atoms with van der Waals surface area (Å²) in [5.74, 6) is -0.186. The highest BCUT2D eigenvalue weighted by molar-refractivity contribution is 7.89. The quantitative estimate of drug-likeness (QED) is 0.883. The summed E-state index contributed by atoms with van der Waals surface area (Å²) in [6.07, 6.45) is 0.725. The third kappa shape index (κ3) is 3.77. The van der Waals surface area contributed by atoms with Gasteiger partial charge in [0.15, 0.2) is 0 Å². The van der Waals surface area contributed by atoms with E-state index < -0.39 is 10.0 Å². The highest BCUT2D eigenvalue weighted by Gasteiger charge is 2.41. The Morgan fingerprint density at radius 3 is 2.65 bits per heavy atom. The van der Waals surface area contributed by atoms with E-state index in [1.807, 2.05) is 6.07 Å². The molecule has 2 atom stereocenters. The summed E-state index contributed by atoms with van der Waals surface area (Å²) in [4.78, 5) is 0.233. The third-order valence-electron chi connectivity index (χ3n) is 3.91. The van der Waals surface area contributed by atoms with Crippen molar-refractivity contribution in [2.45, 2.75) is 29.9 Å². The smallest absolute Gasteiger partial charge is 0.240 e. The fourth-order valence-electron chi connectivity index (χ4n) is 2.64. The van der Waals surface area contributed by atoms with Crippen LogP contribution in [0, 0.1) is 5.82 Å². The molecule has 0 amide bonds. The number of benzene rings is 2. The van der Waals surface area contributed by atoms with Gasteiger partial charge in [-0.05, 0) is 41.8 Å². The minimum Gasteiger partial charge on any atom is -0.380 e. The van der Waals surface area contributed by atoms with Gasteiger partial charge < -0.3 is 4.74 Å². The molecule has 0 bridgehead atoms. The number of hydrogen-bond donors (Lipinski definition) is 1. The second kappa shape index (κ2) is 6.39. The largest absolute Gasteiger partial charge is 0.380 e. The monoisotopic (exact) mass is 335 g/mol. The van der Waals surface area contributed by atoms with Crippen LogP contribution in [0.5, 0.6) is 0 Å². The van der Waals surface area contributed by atoms with Crippen LogP contribution in [0.2, 0.25) is 0 Å². The first kappa shape index (κ1) is 16.1. The summed E-state index contributed by atoms with van der Waals surface area (Å²) >= 11 is 0. The number of rotatable bonds is 6. The zero-order chi connectivity index (χ0) is 16.4. The summed E-state index contributed by atoms with van der Waals surface area (Å²) < 4.78 is 45.6. The Bertz CT molecular complexity index is 790. The van der Waals surface area contributed by atoms with Gasteiger partial charge in [0.25, 0.3) is 0 Å². The first-order chi connectivity index (χ1) is 11.0. The predicted molar refractivity (Wildman–Crippen MR) is 85.0 cm³/mol. The predicted octanol–water partition coefficient (Wildman–Crippen LogP) is 2.81. The molecule has 0 heterocycles. The average molecular weight is 335 g/mol. The number of halogens is 1. The lowest BCUT2D eigenvalue weighted by molar-refractivity contribution is 0.184. The van der Waals surface area contributed by atoms with Crippen LogP contribution in [-0.4, -0.2) is 21.6 Å². The van der Waals surface area contributed by atoms with E-state index in [4.69, 9.17) is 4.74 Å². The summed E-state index contributed by atoms with van der Waals surface area (Å²) in [7, 11) is -2.00. The van der Waals surface area contributed by atoms with Gasteiger partial charge in [-0.15, -0.1) is 0 Å². The molecule has 3 rings (SSSR count). The molecular weight excluding hydrogens is 317 g/mol. The van der Waals surface area contributed by atoms with Crippen LogP contribution in [0.1, 0.15) is 23.5 Å². The minimum atomic E-state index is -3.57. The fraction of sp³-hybridized carbons (Fsp3) is 0.294. The van der Waals surface area contributed by atoms with Gasteiger partial charge in [0.05, 0.1) is 11.5 Å². The van der Waals surface area contributed by atoms with Crippen LogP contribution in [-0.2, 0) is 21.4 Å². The van der Waals surface area contributed by atoms with Crippen molar-refractivity contribution in [1.29, 1.82) is 0 Å². The lowest BCUT2D eigenvalue weighted by Crippen LogP contribution is -2.27. The number of ether oxygens (including phenoxy) is 1. The van der Waals surface area contributed by atoms with Crippen LogP contribution < -0.4 is 4.72 Å². The molecule has 1 N–H and O–H groups in total. The van der Waals surface area contributed by atoms with Gasteiger partial charge in [-0.3, -0.25) is 0 Å². The van der Waals surface area contributed by atoms with Gasteiger partial charge in [0.2, 0.25) is 10.0 Å². The Morgan fingerprint density at radius 1 is 1.22 bits per heavy atom. The van der Waals surface area contributed by atoms with E-state index in [9.17, 15) is 12.8 Å². The molecule has 0 aromatic heterocycles. The Kier molecular flexibility index (Phi) is 4.48. The Morgan fingerprint density at radius 2 is 1.96 bits per heavy atom. The Labute approximate surface area is 135 Å². The van der Waals surface area contributed by atoms with Crippen molar-refractivity contribution in [2.75, 3.05) is 7.11 Å². The van der Waals surface area contributed by atoms with Crippen molar-refractivity contribution in [3.05, 3.63) is 65.5 Å². The van der Waals surface area contributed by atoms with Gasteiger partial charge in [-0.25, -0.2) is 17.5 Å². The van der Waals surface area contributed by atoms with Gasteiger partial charge in [0.1, 0.15) is 5.82 Å². The molecule has 2 aromatic carbocycles. The molecule has 1 aliphatic carbocycles. The molecule has 0 spiro atoms. The summed E-state index contributed by atoms with van der Waals surface area (Å²) in [6.45, 7) is 0.366. The first-order valence-corrected chi connectivity index (χ1v) is 8.83. The second-order valence-electron chi connectivity index (χ2n) is 5.70. The van der Waals surface area contributed by atoms with Crippen molar-refractivity contribution in [1.82, 2.24) is 4.72 Å². The maximum Gasteiger partial charge on any atom is 0.240 e. The molecule has 2 aromatic rings. The van der Waals surface area contributed by atoms with E-state index in [1.54, 1.807) is 37.4 Å². The molecule has 1 fully saturated rings. The Hall–Kier alpha value is -1.76. The number of methoxy groups -OCH3 is 1. The summed E-state index contributed by atoms with van der Waals surface area (Å²) in [5, 5.41) is 0. The van der Waals surface area contributed by atoms with Crippen molar-refractivity contribution in [3.63, 3.8) is 0 Å². The van der Waals surface area contributed by atoms with Gasteiger partial charge in [0, 0.05) is 19.1 Å². The highest BCUT2D eigenvalue weighted by atomic mass is 32.2. The highest BCUT2D eigenvalue weighted by Crippen LogP contribution is 2.41. The summed E-state index contributed by atoms with van der Waals surface area (Å²) in [5.41, 5.74) is 1.76. The normalized spacial score (nSPS) is 20.4. The molecule has 0 saturated heterocycles. The standard InChI is InChI=1S/C17H18FNO3S/c1-22-11-12-3-2-4-15(9-12)23(20,21)19-17-10-16(17)13-5-7-14(18)8-6-13/h2-9,16-17,19H,10-11H2,1H3/t16-,17+/m0/s1. The molecular formula is C17H18FNO3S. The SMILES string of the molecule is COCc1cccc(S(=O)(=O)N[C@@H]2C[C@H]2c2ccc(F)cc2)c1. The molecule has 122 valence electrons. The van der Waals surface area contributed by atoms with Gasteiger partial charge in [-0.1, -0.05) is 24.3 Å². The zero-order valence-corrected chi connectivity index (χ0v) is 13.5. The first-order valence-electron chi connectivity index (χ1n) is 7.35. The van der Waals surface area contributed by atoms with Crippen molar-refractivity contribution in [2.24, 2.45) is 0 Å². The molecule has 23 heavy (non-hydrogen) atoms. The fourth-order valence-corrected chi connectivity index (χ4v) is 4.00. The number of hydrogen-bond acceptors (Lipinski definition) is 3. The Balaban J connectivity index is 1.70. The molecule has 0 unspecified atom stereocenters. The molecule has 0 radical (unpaired) electrons. The van der Waals surface area contributed by atoms with Crippen LogP contribution in [0.3, 0.4) is 0 Å². The summed E-state index contributed by atoms with van der Waals surface area (Å²) in [6, 6.07) is 12.8. The maximum atomic E-state index is 12.9. The molecule has 0 aliphatic heterocycles. The van der Waals surface area contributed by atoms with E-state index in [0.717, 1.165) is 17.5 Å². The number of nitrogens with one attached hydrogen (secondary N) is 1. The van der Waals surface area contributed by atoms with Crippen molar-refractivity contribution < 1.29 is 17.5 Å². The lowest BCUT2D eigenvalue weighted by atomic mass is 10.1. The lowest BCUT2D eigenvalue weighted by Gasteiger charge is -2.08. The molecule has 1 aliphatic rings. The van der Waals surface area contributed by atoms with E-state index in [2.05, 4.69) is 4.72 Å². The molecule has 1 saturated carbocycles. The van der Waals surface area contributed by atoms with Crippen LogP contribution in [0.4, 0.5) is 4.39 Å². The van der Waals surface area contributed by atoms with Crippen LogP contribution in [0.15, 0.2) is 53.4 Å².